The summed E-state index contributed by atoms with van der Waals surface area (Å²) in [6.07, 6.45) is 0. The van der Waals surface area contributed by atoms with Crippen LogP contribution in [0.4, 0.5) is 0 Å². The average Bonchev–Trinajstić information content (AvgIpc) is 2.30. The third-order valence-corrected chi connectivity index (χ3v) is 3.69. The molecule has 2 rings (SSSR count). The van der Waals surface area contributed by atoms with Gasteiger partial charge < -0.3 is 0 Å². The highest BCUT2D eigenvalue weighted by atomic mass is 127. The third kappa shape index (κ3) is 2.52. The maximum Gasteiger partial charge on any atom is 0.194 e. The Morgan fingerprint density at radius 3 is 2.25 bits per heavy atom. The molecule has 0 N–H and O–H groups in total. The molecule has 0 bridgehead atoms. The molecule has 0 spiro atoms. The van der Waals surface area contributed by atoms with E-state index in [1.807, 2.05) is 48.5 Å². The van der Waals surface area contributed by atoms with E-state index in [-0.39, 0.29) is 5.78 Å². The molecule has 0 aliphatic rings. The molecule has 0 aliphatic carbocycles. The van der Waals surface area contributed by atoms with Crippen molar-refractivity contribution >= 4 is 44.3 Å². The first-order valence-electron chi connectivity index (χ1n) is 4.73. The molecule has 0 heterocycles. The Balaban J connectivity index is 2.40. The van der Waals surface area contributed by atoms with E-state index in [1.165, 1.54) is 0 Å². The highest BCUT2D eigenvalue weighted by Gasteiger charge is 2.11. The molecule has 0 radical (unpaired) electrons. The zero-order chi connectivity index (χ0) is 11.5. The van der Waals surface area contributed by atoms with Crippen molar-refractivity contribution in [2.45, 2.75) is 0 Å². The number of hydrogen-bond acceptors (Lipinski definition) is 1. The molecule has 16 heavy (non-hydrogen) atoms. The lowest BCUT2D eigenvalue weighted by Crippen LogP contribution is -2.02. The van der Waals surface area contributed by atoms with Gasteiger partial charge in [0.1, 0.15) is 0 Å². The Hall–Kier alpha value is -0.680. The van der Waals surface area contributed by atoms with Crippen molar-refractivity contribution in [2.24, 2.45) is 0 Å². The van der Waals surface area contributed by atoms with Gasteiger partial charge in [0.25, 0.3) is 0 Å². The van der Waals surface area contributed by atoms with Crippen molar-refractivity contribution in [2.75, 3.05) is 0 Å². The van der Waals surface area contributed by atoms with Crippen LogP contribution in [-0.4, -0.2) is 5.78 Å². The number of carbonyl (C=O) groups excluding carboxylic acids is 1. The molecule has 0 fully saturated rings. The predicted molar refractivity (Wildman–Crippen MR) is 76.7 cm³/mol. The van der Waals surface area contributed by atoms with Crippen LogP contribution in [0.15, 0.2) is 53.0 Å². The Morgan fingerprint density at radius 1 is 1.00 bits per heavy atom. The van der Waals surface area contributed by atoms with E-state index < -0.39 is 0 Å². The molecule has 2 aromatic rings. The summed E-state index contributed by atoms with van der Waals surface area (Å²) >= 11 is 5.53. The fraction of sp³-hybridized carbons (Fsp3) is 0. The summed E-state index contributed by atoms with van der Waals surface area (Å²) in [5, 5.41) is 0. The van der Waals surface area contributed by atoms with Crippen molar-refractivity contribution in [3.8, 4) is 0 Å². The van der Waals surface area contributed by atoms with Crippen molar-refractivity contribution < 1.29 is 4.79 Å². The maximum absolute atomic E-state index is 12.2. The molecule has 0 saturated carbocycles. The van der Waals surface area contributed by atoms with Crippen LogP contribution in [0, 0.1) is 3.57 Å². The predicted octanol–water partition coefficient (Wildman–Crippen LogP) is 4.28. The van der Waals surface area contributed by atoms with Gasteiger partial charge in [0, 0.05) is 19.2 Å². The lowest BCUT2D eigenvalue weighted by molar-refractivity contribution is 0.103. The molecule has 3 heteroatoms. The largest absolute Gasteiger partial charge is 0.289 e. The molecule has 0 saturated heterocycles. The number of halogens is 2. The molecule has 0 atom stereocenters. The summed E-state index contributed by atoms with van der Waals surface area (Å²) < 4.78 is 1.96. The Kier molecular flexibility index (Phi) is 3.76. The van der Waals surface area contributed by atoms with Crippen molar-refractivity contribution in [1.29, 1.82) is 0 Å². The summed E-state index contributed by atoms with van der Waals surface area (Å²) in [5.74, 6) is 0.0671. The highest BCUT2D eigenvalue weighted by molar-refractivity contribution is 14.1. The highest BCUT2D eigenvalue weighted by Crippen LogP contribution is 2.18. The van der Waals surface area contributed by atoms with Gasteiger partial charge in [0.05, 0.1) is 0 Å². The second kappa shape index (κ2) is 5.10. The van der Waals surface area contributed by atoms with Crippen molar-refractivity contribution in [1.82, 2.24) is 0 Å². The van der Waals surface area contributed by atoms with E-state index in [0.29, 0.717) is 5.56 Å². The molecule has 0 aromatic heterocycles. The van der Waals surface area contributed by atoms with Crippen LogP contribution < -0.4 is 0 Å². The zero-order valence-corrected chi connectivity index (χ0v) is 12.0. The quantitative estimate of drug-likeness (QED) is 0.556. The van der Waals surface area contributed by atoms with Crippen LogP contribution in [0.2, 0.25) is 0 Å². The minimum absolute atomic E-state index is 0.0671. The first kappa shape index (κ1) is 11.8. The van der Waals surface area contributed by atoms with Crippen LogP contribution in [0.5, 0.6) is 0 Å². The Labute approximate surface area is 116 Å². The monoisotopic (exact) mass is 386 g/mol. The minimum Gasteiger partial charge on any atom is -0.289 e. The van der Waals surface area contributed by atoms with Crippen molar-refractivity contribution in [3.63, 3.8) is 0 Å². The molecule has 80 valence electrons. The van der Waals surface area contributed by atoms with Crippen LogP contribution in [0.1, 0.15) is 15.9 Å². The second-order valence-corrected chi connectivity index (χ2v) is 5.39. The summed E-state index contributed by atoms with van der Waals surface area (Å²) in [6.45, 7) is 0. The summed E-state index contributed by atoms with van der Waals surface area (Å²) in [6, 6.07) is 15.0. The van der Waals surface area contributed by atoms with Gasteiger partial charge >= 0.3 is 0 Å². The normalized spacial score (nSPS) is 10.1. The van der Waals surface area contributed by atoms with Gasteiger partial charge in [0.2, 0.25) is 0 Å². The minimum atomic E-state index is 0.0671. The van der Waals surface area contributed by atoms with Crippen LogP contribution >= 0.6 is 38.5 Å². The fourth-order valence-electron chi connectivity index (χ4n) is 1.40. The summed E-state index contributed by atoms with van der Waals surface area (Å²) in [5.41, 5.74) is 1.47. The van der Waals surface area contributed by atoms with Gasteiger partial charge in [-0.25, -0.2) is 0 Å². The van der Waals surface area contributed by atoms with E-state index >= 15 is 0 Å². The van der Waals surface area contributed by atoms with Gasteiger partial charge in [-0.15, -0.1) is 0 Å². The molecular weight excluding hydrogens is 379 g/mol. The summed E-state index contributed by atoms with van der Waals surface area (Å²) in [7, 11) is 0. The van der Waals surface area contributed by atoms with Gasteiger partial charge in [-0.05, 0) is 59.0 Å². The first-order valence-corrected chi connectivity index (χ1v) is 6.60. The van der Waals surface area contributed by atoms with Gasteiger partial charge in [-0.2, -0.15) is 0 Å². The third-order valence-electron chi connectivity index (χ3n) is 2.22. The first-order chi connectivity index (χ1) is 7.68. The second-order valence-electron chi connectivity index (χ2n) is 3.32. The zero-order valence-electron chi connectivity index (χ0n) is 8.28. The average molecular weight is 387 g/mol. The molecular formula is C13H8BrIO. The molecule has 0 unspecified atom stereocenters. The lowest BCUT2D eigenvalue weighted by Gasteiger charge is -2.03. The van der Waals surface area contributed by atoms with Gasteiger partial charge in [0.15, 0.2) is 5.78 Å². The van der Waals surface area contributed by atoms with Crippen molar-refractivity contribution in [3.05, 3.63) is 67.7 Å². The van der Waals surface area contributed by atoms with Crippen LogP contribution in [0.25, 0.3) is 0 Å². The lowest BCUT2D eigenvalue weighted by atomic mass is 10.0. The van der Waals surface area contributed by atoms with E-state index in [2.05, 4.69) is 38.5 Å². The van der Waals surface area contributed by atoms with E-state index in [1.54, 1.807) is 0 Å². The van der Waals surface area contributed by atoms with Crippen LogP contribution in [-0.2, 0) is 0 Å². The number of benzene rings is 2. The maximum atomic E-state index is 12.2. The van der Waals surface area contributed by atoms with Crippen LogP contribution in [0.3, 0.4) is 0 Å². The Morgan fingerprint density at radius 2 is 1.62 bits per heavy atom. The number of hydrogen-bond donors (Lipinski definition) is 0. The Bertz CT molecular complexity index is 520. The number of ketones is 1. The van der Waals surface area contributed by atoms with E-state index in [4.69, 9.17) is 0 Å². The van der Waals surface area contributed by atoms with Gasteiger partial charge in [-0.1, -0.05) is 28.1 Å². The topological polar surface area (TPSA) is 17.1 Å². The van der Waals surface area contributed by atoms with E-state index in [0.717, 1.165) is 13.6 Å². The summed E-state index contributed by atoms with van der Waals surface area (Å²) in [4.78, 5) is 12.2. The fourth-order valence-corrected chi connectivity index (χ4v) is 2.30. The molecule has 0 amide bonds. The molecule has 1 nitrogen and oxygen atoms in total. The number of carbonyl (C=O) groups is 1. The number of rotatable bonds is 2. The standard InChI is InChI=1S/C13H8BrIO/c14-10-7-5-9(6-8-10)13(16)11-3-1-2-4-12(11)15/h1-8H. The van der Waals surface area contributed by atoms with Gasteiger partial charge in [-0.3, -0.25) is 4.79 Å². The smallest absolute Gasteiger partial charge is 0.194 e. The SMILES string of the molecule is O=C(c1ccc(Br)cc1)c1ccccc1I. The molecule has 2 aromatic carbocycles. The van der Waals surface area contributed by atoms with E-state index in [9.17, 15) is 4.79 Å². The molecule has 0 aliphatic heterocycles.